The highest BCUT2D eigenvalue weighted by molar-refractivity contribution is 8.02. The van der Waals surface area contributed by atoms with Crippen LogP contribution in [0.3, 0.4) is 0 Å². The van der Waals surface area contributed by atoms with Gasteiger partial charge in [0.05, 0.1) is 0 Å². The average Bonchev–Trinajstić information content (AvgIpc) is 2.05. The lowest BCUT2D eigenvalue weighted by Crippen LogP contribution is -1.91. The lowest BCUT2D eigenvalue weighted by atomic mass is 10.1. The van der Waals surface area contributed by atoms with E-state index in [-0.39, 0.29) is 0 Å². The molecule has 1 aliphatic carbocycles. The summed E-state index contributed by atoms with van der Waals surface area (Å²) in [6, 6.07) is 0. The van der Waals surface area contributed by atoms with E-state index in [1.165, 1.54) is 4.91 Å². The van der Waals surface area contributed by atoms with Gasteiger partial charge in [0.1, 0.15) is 6.29 Å². The molecule has 0 aromatic heterocycles. The normalized spacial score (nSPS) is 17.7. The van der Waals surface area contributed by atoms with Gasteiger partial charge in [-0.1, -0.05) is 12.2 Å². The molecule has 1 nitrogen and oxygen atoms in total. The summed E-state index contributed by atoms with van der Waals surface area (Å²) in [6.45, 7) is 0. The zero-order chi connectivity index (χ0) is 7.40. The predicted octanol–water partition coefficient (Wildman–Crippen LogP) is 2.15. The third-order valence-electron chi connectivity index (χ3n) is 1.56. The average molecular weight is 154 g/mol. The van der Waals surface area contributed by atoms with E-state index in [1.807, 2.05) is 12.2 Å². The van der Waals surface area contributed by atoms with Crippen molar-refractivity contribution in [3.63, 3.8) is 0 Å². The number of aldehydes is 1. The zero-order valence-electron chi connectivity index (χ0n) is 5.96. The van der Waals surface area contributed by atoms with Gasteiger partial charge in [0, 0.05) is 0 Å². The minimum atomic E-state index is 0.913. The van der Waals surface area contributed by atoms with E-state index >= 15 is 0 Å². The number of allylic oxidation sites excluding steroid dienone is 4. The summed E-state index contributed by atoms with van der Waals surface area (Å²) in [4.78, 5) is 11.6. The van der Waals surface area contributed by atoms with Crippen LogP contribution in [0.25, 0.3) is 0 Å². The number of hydrogen-bond donors (Lipinski definition) is 0. The summed E-state index contributed by atoms with van der Waals surface area (Å²) in [5.74, 6) is 0. The Hall–Kier alpha value is -0.500. The Bertz CT molecular complexity index is 191. The van der Waals surface area contributed by atoms with Crippen LogP contribution in [-0.4, -0.2) is 12.5 Å². The van der Waals surface area contributed by atoms with Crippen molar-refractivity contribution in [1.29, 1.82) is 0 Å². The second-order valence-electron chi connectivity index (χ2n) is 2.20. The molecule has 0 aliphatic heterocycles. The van der Waals surface area contributed by atoms with Crippen LogP contribution in [0, 0.1) is 0 Å². The predicted molar refractivity (Wildman–Crippen MR) is 45.0 cm³/mol. The van der Waals surface area contributed by atoms with Gasteiger partial charge in [-0.3, -0.25) is 4.79 Å². The van der Waals surface area contributed by atoms with Gasteiger partial charge >= 0.3 is 0 Å². The van der Waals surface area contributed by atoms with Gasteiger partial charge in [-0.25, -0.2) is 0 Å². The van der Waals surface area contributed by atoms with Gasteiger partial charge in [-0.05, 0) is 29.6 Å². The van der Waals surface area contributed by atoms with E-state index in [0.29, 0.717) is 0 Å². The lowest BCUT2D eigenvalue weighted by molar-refractivity contribution is -0.105. The molecule has 1 aliphatic rings. The molecular formula is C8H10OS. The summed E-state index contributed by atoms with van der Waals surface area (Å²) in [7, 11) is 0. The molecule has 0 bridgehead atoms. The van der Waals surface area contributed by atoms with E-state index in [9.17, 15) is 4.79 Å². The number of hydrogen-bond acceptors (Lipinski definition) is 2. The first-order valence-corrected chi connectivity index (χ1v) is 4.48. The minimum Gasteiger partial charge on any atom is -0.298 e. The number of carbonyl (C=O) groups is 1. The van der Waals surface area contributed by atoms with Crippen molar-refractivity contribution < 1.29 is 4.79 Å². The highest BCUT2D eigenvalue weighted by Crippen LogP contribution is 2.24. The highest BCUT2D eigenvalue weighted by atomic mass is 32.2. The molecule has 0 amide bonds. The molecule has 0 aromatic carbocycles. The molecule has 0 unspecified atom stereocenters. The monoisotopic (exact) mass is 154 g/mol. The largest absolute Gasteiger partial charge is 0.298 e. The molecule has 10 heavy (non-hydrogen) atoms. The van der Waals surface area contributed by atoms with E-state index < -0.39 is 0 Å². The van der Waals surface area contributed by atoms with Crippen LogP contribution in [0.2, 0.25) is 0 Å². The Morgan fingerprint density at radius 3 is 2.70 bits per heavy atom. The highest BCUT2D eigenvalue weighted by Gasteiger charge is 2.03. The smallest absolute Gasteiger partial charge is 0.146 e. The van der Waals surface area contributed by atoms with Crippen molar-refractivity contribution in [3.05, 3.63) is 22.6 Å². The maximum Gasteiger partial charge on any atom is 0.146 e. The summed E-state index contributed by atoms with van der Waals surface area (Å²) in [5, 5.41) is 0. The molecule has 0 radical (unpaired) electrons. The van der Waals surface area contributed by atoms with E-state index in [2.05, 4.69) is 6.26 Å². The Labute approximate surface area is 65.2 Å². The molecule has 0 aromatic rings. The lowest BCUT2D eigenvalue weighted by Gasteiger charge is -2.07. The van der Waals surface area contributed by atoms with Crippen LogP contribution < -0.4 is 0 Å². The molecule has 0 heterocycles. The topological polar surface area (TPSA) is 17.1 Å². The van der Waals surface area contributed by atoms with E-state index in [0.717, 1.165) is 24.7 Å². The Balaban J connectivity index is 2.64. The van der Waals surface area contributed by atoms with Gasteiger partial charge in [-0.15, -0.1) is 11.8 Å². The van der Waals surface area contributed by atoms with Crippen LogP contribution in [-0.2, 0) is 4.79 Å². The van der Waals surface area contributed by atoms with Gasteiger partial charge in [0.15, 0.2) is 0 Å². The van der Waals surface area contributed by atoms with Crippen molar-refractivity contribution in [2.24, 2.45) is 0 Å². The molecule has 0 atom stereocenters. The molecule has 2 heteroatoms. The first kappa shape index (κ1) is 7.61. The van der Waals surface area contributed by atoms with E-state index in [1.54, 1.807) is 11.8 Å². The van der Waals surface area contributed by atoms with Crippen LogP contribution in [0.4, 0.5) is 0 Å². The SMILES string of the molecule is CSC1=CC=C(C=O)CC1. The second-order valence-corrected chi connectivity index (χ2v) is 3.13. The summed E-state index contributed by atoms with van der Waals surface area (Å²) >= 11 is 1.76. The first-order chi connectivity index (χ1) is 4.86. The minimum absolute atomic E-state index is 0.913. The second kappa shape index (κ2) is 3.62. The Morgan fingerprint density at radius 1 is 1.50 bits per heavy atom. The van der Waals surface area contributed by atoms with Crippen molar-refractivity contribution in [2.45, 2.75) is 12.8 Å². The molecule has 0 saturated carbocycles. The zero-order valence-corrected chi connectivity index (χ0v) is 6.78. The maximum atomic E-state index is 10.3. The summed E-state index contributed by atoms with van der Waals surface area (Å²) in [6.07, 6.45) is 8.88. The quantitative estimate of drug-likeness (QED) is 0.567. The van der Waals surface area contributed by atoms with Crippen LogP contribution in [0.1, 0.15) is 12.8 Å². The van der Waals surface area contributed by atoms with Crippen molar-refractivity contribution in [2.75, 3.05) is 6.26 Å². The van der Waals surface area contributed by atoms with Crippen molar-refractivity contribution >= 4 is 18.0 Å². The van der Waals surface area contributed by atoms with Crippen molar-refractivity contribution in [3.8, 4) is 0 Å². The number of thioether (sulfide) groups is 1. The van der Waals surface area contributed by atoms with Crippen LogP contribution in [0.15, 0.2) is 22.6 Å². The van der Waals surface area contributed by atoms with E-state index in [4.69, 9.17) is 0 Å². The van der Waals surface area contributed by atoms with Gasteiger partial charge in [0.2, 0.25) is 0 Å². The third-order valence-corrected chi connectivity index (χ3v) is 2.42. The Morgan fingerprint density at radius 2 is 2.30 bits per heavy atom. The summed E-state index contributed by atoms with van der Waals surface area (Å²) < 4.78 is 0. The fraction of sp³-hybridized carbons (Fsp3) is 0.375. The fourth-order valence-corrected chi connectivity index (χ4v) is 1.41. The molecule has 0 saturated heterocycles. The number of carbonyl (C=O) groups excluding carboxylic acids is 1. The molecule has 0 spiro atoms. The van der Waals surface area contributed by atoms with Crippen LogP contribution in [0.5, 0.6) is 0 Å². The molecule has 0 N–H and O–H groups in total. The molecule has 0 fully saturated rings. The number of rotatable bonds is 2. The van der Waals surface area contributed by atoms with Gasteiger partial charge in [0.25, 0.3) is 0 Å². The van der Waals surface area contributed by atoms with Crippen molar-refractivity contribution in [1.82, 2.24) is 0 Å². The first-order valence-electron chi connectivity index (χ1n) is 3.25. The molecule has 1 rings (SSSR count). The summed E-state index contributed by atoms with van der Waals surface area (Å²) in [5.41, 5.74) is 0.915. The molecule has 54 valence electrons. The van der Waals surface area contributed by atoms with Crippen LogP contribution >= 0.6 is 11.8 Å². The molecular weight excluding hydrogens is 144 g/mol. The Kier molecular flexibility index (Phi) is 2.75. The fourth-order valence-electron chi connectivity index (χ4n) is 0.903. The standard InChI is InChI=1S/C8H10OS/c1-10-8-4-2-7(6-9)3-5-8/h2,4,6H,3,5H2,1H3. The van der Waals surface area contributed by atoms with Gasteiger partial charge in [-0.2, -0.15) is 0 Å². The third kappa shape index (κ3) is 1.74. The van der Waals surface area contributed by atoms with Gasteiger partial charge < -0.3 is 0 Å². The maximum absolute atomic E-state index is 10.3.